The Morgan fingerprint density at radius 3 is 2.55 bits per heavy atom. The summed E-state index contributed by atoms with van der Waals surface area (Å²) in [6.45, 7) is 5.41. The number of thiocarbonyl (C=S) groups is 1. The predicted octanol–water partition coefficient (Wildman–Crippen LogP) is 2.52. The van der Waals surface area contributed by atoms with Crippen molar-refractivity contribution in [3.8, 4) is 0 Å². The lowest BCUT2D eigenvalue weighted by Crippen LogP contribution is -2.30. The van der Waals surface area contributed by atoms with Crippen LogP contribution in [0, 0.1) is 0 Å². The van der Waals surface area contributed by atoms with Gasteiger partial charge in [0.1, 0.15) is 10.7 Å². The summed E-state index contributed by atoms with van der Waals surface area (Å²) < 4.78 is 0. The van der Waals surface area contributed by atoms with Crippen LogP contribution in [0.5, 0.6) is 0 Å². The normalized spacial score (nSPS) is 21.5. The minimum Gasteiger partial charge on any atom is -0.333 e. The maximum atomic E-state index is 12.4. The maximum absolute atomic E-state index is 12.4. The van der Waals surface area contributed by atoms with Crippen molar-refractivity contribution in [1.82, 2.24) is 10.2 Å². The van der Waals surface area contributed by atoms with Crippen LogP contribution in [-0.2, 0) is 4.79 Å². The molecule has 1 fully saturated rings. The largest absolute Gasteiger partial charge is 0.333 e. The fourth-order valence-electron chi connectivity index (χ4n) is 2.42. The third-order valence-corrected chi connectivity index (χ3v) is 4.90. The molecule has 2 aliphatic rings. The third kappa shape index (κ3) is 1.91. The fourth-order valence-corrected chi connectivity index (χ4v) is 3.95. The first-order chi connectivity index (χ1) is 9.67. The number of para-hydroxylation sites is 1. The van der Waals surface area contributed by atoms with Crippen molar-refractivity contribution in [1.29, 1.82) is 0 Å². The van der Waals surface area contributed by atoms with Crippen molar-refractivity contribution in [2.24, 2.45) is 0 Å². The molecule has 20 heavy (non-hydrogen) atoms. The first-order valence-electron chi connectivity index (χ1n) is 6.58. The second kappa shape index (κ2) is 5.10. The van der Waals surface area contributed by atoms with E-state index in [1.807, 2.05) is 19.1 Å². The molecule has 1 aromatic rings. The third-order valence-electron chi connectivity index (χ3n) is 3.39. The molecule has 3 rings (SSSR count). The summed E-state index contributed by atoms with van der Waals surface area (Å²) in [6, 6.07) is 8.18. The molecular weight excluding hydrogens is 290 g/mol. The molecule has 104 valence electrons. The Balaban J connectivity index is 2.06. The Kier molecular flexibility index (Phi) is 3.43. The highest BCUT2D eigenvalue weighted by Crippen LogP contribution is 2.47. The SMILES string of the molecule is CCN1C(=O)/C(=C2\Sc3ccccc3N2CC)NC1=S. The number of rotatable bonds is 2. The number of carbonyl (C=O) groups excluding carboxylic acids is 1. The van der Waals surface area contributed by atoms with Gasteiger partial charge in [0, 0.05) is 18.0 Å². The number of thioether (sulfide) groups is 1. The van der Waals surface area contributed by atoms with Gasteiger partial charge in [-0.3, -0.25) is 9.69 Å². The van der Waals surface area contributed by atoms with Crippen LogP contribution in [0.15, 0.2) is 39.9 Å². The lowest BCUT2D eigenvalue weighted by atomic mass is 10.3. The van der Waals surface area contributed by atoms with Gasteiger partial charge in [-0.2, -0.15) is 0 Å². The zero-order valence-corrected chi connectivity index (χ0v) is 13.0. The lowest BCUT2D eigenvalue weighted by Gasteiger charge is -2.19. The summed E-state index contributed by atoms with van der Waals surface area (Å²) in [5, 5.41) is 4.51. The molecule has 6 heteroatoms. The standard InChI is InChI=1S/C14H15N3OS2/c1-3-16-9-7-5-6-8-10(9)20-13(16)11-12(18)17(4-2)14(19)15-11/h5-8H,3-4H2,1-2H3,(H,15,19)/b13-11+. The summed E-state index contributed by atoms with van der Waals surface area (Å²) >= 11 is 6.84. The summed E-state index contributed by atoms with van der Waals surface area (Å²) in [4.78, 5) is 17.3. The monoisotopic (exact) mass is 305 g/mol. The number of fused-ring (bicyclic) bond motifs is 1. The molecule has 1 saturated heterocycles. The minimum atomic E-state index is -0.0359. The van der Waals surface area contributed by atoms with E-state index in [4.69, 9.17) is 12.2 Å². The number of benzene rings is 1. The lowest BCUT2D eigenvalue weighted by molar-refractivity contribution is -0.122. The number of hydrogen-bond donors (Lipinski definition) is 1. The number of carbonyl (C=O) groups is 1. The maximum Gasteiger partial charge on any atom is 0.279 e. The number of hydrogen-bond acceptors (Lipinski definition) is 4. The van der Waals surface area contributed by atoms with Crippen LogP contribution in [0.1, 0.15) is 13.8 Å². The van der Waals surface area contributed by atoms with E-state index >= 15 is 0 Å². The smallest absolute Gasteiger partial charge is 0.279 e. The fraction of sp³-hybridized carbons (Fsp3) is 0.286. The molecule has 0 bridgehead atoms. The van der Waals surface area contributed by atoms with Crippen molar-refractivity contribution in [3.05, 3.63) is 35.0 Å². The number of anilines is 1. The van der Waals surface area contributed by atoms with Gasteiger partial charge in [-0.25, -0.2) is 0 Å². The van der Waals surface area contributed by atoms with Gasteiger partial charge in [-0.05, 0) is 38.2 Å². The molecule has 0 atom stereocenters. The van der Waals surface area contributed by atoms with Crippen LogP contribution < -0.4 is 10.2 Å². The van der Waals surface area contributed by atoms with Crippen LogP contribution in [0.25, 0.3) is 0 Å². The zero-order valence-electron chi connectivity index (χ0n) is 11.3. The molecule has 0 radical (unpaired) electrons. The predicted molar refractivity (Wildman–Crippen MR) is 85.5 cm³/mol. The van der Waals surface area contributed by atoms with Crippen molar-refractivity contribution in [2.75, 3.05) is 18.0 Å². The number of likely N-dealkylation sites (N-methyl/N-ethyl adjacent to an activating group) is 1. The van der Waals surface area contributed by atoms with Gasteiger partial charge >= 0.3 is 0 Å². The van der Waals surface area contributed by atoms with Gasteiger partial charge in [0.25, 0.3) is 5.91 Å². The zero-order chi connectivity index (χ0) is 14.3. The van der Waals surface area contributed by atoms with Gasteiger partial charge in [0.2, 0.25) is 0 Å². The Bertz CT molecular complexity index is 627. The molecule has 1 aromatic carbocycles. The van der Waals surface area contributed by atoms with E-state index in [0.29, 0.717) is 17.4 Å². The Labute approximate surface area is 127 Å². The number of nitrogens with zero attached hydrogens (tertiary/aromatic N) is 2. The van der Waals surface area contributed by atoms with E-state index in [1.54, 1.807) is 16.7 Å². The molecule has 1 N–H and O–H groups in total. The van der Waals surface area contributed by atoms with E-state index in [0.717, 1.165) is 17.3 Å². The Hall–Kier alpha value is -1.53. The molecule has 0 aromatic heterocycles. The highest BCUT2D eigenvalue weighted by molar-refractivity contribution is 8.03. The van der Waals surface area contributed by atoms with E-state index in [1.165, 1.54) is 4.90 Å². The molecule has 1 amide bonds. The van der Waals surface area contributed by atoms with Gasteiger partial charge in [-0.1, -0.05) is 23.9 Å². The summed E-state index contributed by atoms with van der Waals surface area (Å²) in [7, 11) is 0. The average Bonchev–Trinajstić information content (AvgIpc) is 2.95. The van der Waals surface area contributed by atoms with Gasteiger partial charge in [0.05, 0.1) is 5.69 Å². The Morgan fingerprint density at radius 2 is 1.90 bits per heavy atom. The quantitative estimate of drug-likeness (QED) is 0.671. The first kappa shape index (κ1) is 13.5. The molecule has 2 heterocycles. The minimum absolute atomic E-state index is 0.0359. The van der Waals surface area contributed by atoms with Crippen molar-refractivity contribution in [2.45, 2.75) is 18.7 Å². The van der Waals surface area contributed by atoms with Crippen LogP contribution in [0.2, 0.25) is 0 Å². The van der Waals surface area contributed by atoms with Crippen LogP contribution in [-0.4, -0.2) is 29.0 Å². The van der Waals surface area contributed by atoms with Gasteiger partial charge in [0.15, 0.2) is 5.11 Å². The summed E-state index contributed by atoms with van der Waals surface area (Å²) in [5.74, 6) is -0.0359. The summed E-state index contributed by atoms with van der Waals surface area (Å²) in [5.41, 5.74) is 1.75. The average molecular weight is 305 g/mol. The highest BCUT2D eigenvalue weighted by Gasteiger charge is 2.36. The van der Waals surface area contributed by atoms with E-state index < -0.39 is 0 Å². The molecular formula is C14H15N3OS2. The number of amides is 1. The van der Waals surface area contributed by atoms with Crippen LogP contribution in [0.3, 0.4) is 0 Å². The molecule has 0 aliphatic carbocycles. The first-order valence-corrected chi connectivity index (χ1v) is 7.81. The molecule has 0 spiro atoms. The van der Waals surface area contributed by atoms with Crippen LogP contribution >= 0.6 is 24.0 Å². The van der Waals surface area contributed by atoms with E-state index in [9.17, 15) is 4.79 Å². The van der Waals surface area contributed by atoms with E-state index in [-0.39, 0.29) is 5.91 Å². The highest BCUT2D eigenvalue weighted by atomic mass is 32.2. The van der Waals surface area contributed by atoms with E-state index in [2.05, 4.69) is 29.3 Å². The second-order valence-electron chi connectivity index (χ2n) is 4.47. The topological polar surface area (TPSA) is 35.6 Å². The van der Waals surface area contributed by atoms with Crippen molar-refractivity contribution < 1.29 is 4.79 Å². The molecule has 2 aliphatic heterocycles. The molecule has 0 unspecified atom stereocenters. The van der Waals surface area contributed by atoms with Gasteiger partial charge < -0.3 is 10.2 Å². The van der Waals surface area contributed by atoms with Crippen molar-refractivity contribution in [3.63, 3.8) is 0 Å². The second-order valence-corrected chi connectivity index (χ2v) is 5.89. The van der Waals surface area contributed by atoms with Gasteiger partial charge in [-0.15, -0.1) is 0 Å². The number of nitrogens with one attached hydrogen (secondary N) is 1. The molecule has 0 saturated carbocycles. The summed E-state index contributed by atoms with van der Waals surface area (Å²) in [6.07, 6.45) is 0. The van der Waals surface area contributed by atoms with Crippen LogP contribution in [0.4, 0.5) is 5.69 Å². The Morgan fingerprint density at radius 1 is 1.20 bits per heavy atom. The molecule has 4 nitrogen and oxygen atoms in total. The van der Waals surface area contributed by atoms with Crippen molar-refractivity contribution >= 4 is 40.7 Å².